The Morgan fingerprint density at radius 1 is 1.19 bits per heavy atom. The second-order valence-electron chi connectivity index (χ2n) is 4.45. The third-order valence-corrected chi connectivity index (χ3v) is 3.28. The van der Waals surface area contributed by atoms with Gasteiger partial charge in [0, 0.05) is 17.2 Å². The van der Waals surface area contributed by atoms with E-state index in [-0.39, 0.29) is 16.4 Å². The standard InChI is InChI=1S/C14H11ClF2N2O2/c1-8(11-4-2-9(16)6-12(11)15)18-13-7-10(17)3-5-14(13)19(20)21/h2-8,18H,1H3. The fourth-order valence-electron chi connectivity index (χ4n) is 1.95. The molecule has 2 rings (SSSR count). The van der Waals surface area contributed by atoms with Gasteiger partial charge in [-0.25, -0.2) is 8.78 Å². The Labute approximate surface area is 124 Å². The fourth-order valence-corrected chi connectivity index (χ4v) is 2.28. The van der Waals surface area contributed by atoms with Crippen LogP contribution in [0, 0.1) is 21.7 Å². The molecule has 4 nitrogen and oxygen atoms in total. The van der Waals surface area contributed by atoms with Crippen LogP contribution in [0.5, 0.6) is 0 Å². The molecule has 0 radical (unpaired) electrons. The van der Waals surface area contributed by atoms with Crippen molar-refractivity contribution in [1.29, 1.82) is 0 Å². The Hall–Kier alpha value is -2.21. The average molecular weight is 313 g/mol. The molecule has 2 aromatic carbocycles. The number of nitro benzene ring substituents is 1. The largest absolute Gasteiger partial charge is 0.373 e. The number of nitro groups is 1. The van der Waals surface area contributed by atoms with Crippen LogP contribution in [0.4, 0.5) is 20.2 Å². The topological polar surface area (TPSA) is 55.2 Å². The van der Waals surface area contributed by atoms with Crippen molar-refractivity contribution in [2.45, 2.75) is 13.0 Å². The molecule has 7 heteroatoms. The van der Waals surface area contributed by atoms with Crippen molar-refractivity contribution in [1.82, 2.24) is 0 Å². The zero-order valence-corrected chi connectivity index (χ0v) is 11.7. The molecule has 0 aliphatic rings. The van der Waals surface area contributed by atoms with Crippen molar-refractivity contribution < 1.29 is 13.7 Å². The summed E-state index contributed by atoms with van der Waals surface area (Å²) in [7, 11) is 0. The van der Waals surface area contributed by atoms with E-state index in [2.05, 4.69) is 5.32 Å². The lowest BCUT2D eigenvalue weighted by Crippen LogP contribution is -2.09. The Balaban J connectivity index is 2.33. The van der Waals surface area contributed by atoms with Crippen molar-refractivity contribution in [2.24, 2.45) is 0 Å². The fraction of sp³-hybridized carbons (Fsp3) is 0.143. The normalized spacial score (nSPS) is 12.0. The first-order valence-corrected chi connectivity index (χ1v) is 6.41. The van der Waals surface area contributed by atoms with Gasteiger partial charge in [-0.15, -0.1) is 0 Å². The Bertz CT molecular complexity index is 695. The molecule has 0 aromatic heterocycles. The molecule has 0 saturated carbocycles. The molecule has 0 amide bonds. The van der Waals surface area contributed by atoms with E-state index < -0.39 is 22.6 Å². The summed E-state index contributed by atoms with van der Waals surface area (Å²) in [5, 5.41) is 13.9. The molecule has 0 aliphatic heterocycles. The molecular weight excluding hydrogens is 302 g/mol. The van der Waals surface area contributed by atoms with Crippen molar-refractivity contribution >= 4 is 23.0 Å². The van der Waals surface area contributed by atoms with Gasteiger partial charge in [-0.2, -0.15) is 0 Å². The maximum atomic E-state index is 13.3. The van der Waals surface area contributed by atoms with E-state index in [1.165, 1.54) is 12.1 Å². The first kappa shape index (κ1) is 15.2. The highest BCUT2D eigenvalue weighted by atomic mass is 35.5. The molecule has 1 N–H and O–H groups in total. The Kier molecular flexibility index (Phi) is 4.37. The number of rotatable bonds is 4. The lowest BCUT2D eigenvalue weighted by atomic mass is 10.1. The van der Waals surface area contributed by atoms with Crippen LogP contribution in [0.15, 0.2) is 36.4 Å². The number of nitrogens with one attached hydrogen (secondary N) is 1. The summed E-state index contributed by atoms with van der Waals surface area (Å²) < 4.78 is 26.3. The molecule has 1 unspecified atom stereocenters. The van der Waals surface area contributed by atoms with Crippen molar-refractivity contribution in [3.63, 3.8) is 0 Å². The van der Waals surface area contributed by atoms with Crippen LogP contribution in [0.2, 0.25) is 5.02 Å². The number of nitrogens with zero attached hydrogens (tertiary/aromatic N) is 1. The van der Waals surface area contributed by atoms with Crippen LogP contribution in [0.3, 0.4) is 0 Å². The van der Waals surface area contributed by atoms with Gasteiger partial charge in [-0.05, 0) is 30.7 Å². The zero-order valence-electron chi connectivity index (χ0n) is 10.9. The monoisotopic (exact) mass is 312 g/mol. The third-order valence-electron chi connectivity index (χ3n) is 2.96. The van der Waals surface area contributed by atoms with Crippen LogP contribution in [-0.2, 0) is 0 Å². The Morgan fingerprint density at radius 3 is 2.43 bits per heavy atom. The maximum Gasteiger partial charge on any atom is 0.292 e. The van der Waals surface area contributed by atoms with E-state index >= 15 is 0 Å². The van der Waals surface area contributed by atoms with E-state index in [0.717, 1.165) is 24.3 Å². The molecule has 110 valence electrons. The van der Waals surface area contributed by atoms with Gasteiger partial charge in [0.15, 0.2) is 0 Å². The molecule has 0 aliphatic carbocycles. The van der Waals surface area contributed by atoms with Gasteiger partial charge in [0.25, 0.3) is 5.69 Å². The highest BCUT2D eigenvalue weighted by molar-refractivity contribution is 6.31. The number of benzene rings is 2. The first-order valence-electron chi connectivity index (χ1n) is 6.04. The first-order chi connectivity index (χ1) is 9.88. The smallest absolute Gasteiger partial charge is 0.292 e. The van der Waals surface area contributed by atoms with Gasteiger partial charge >= 0.3 is 0 Å². The number of anilines is 1. The second kappa shape index (κ2) is 6.05. The lowest BCUT2D eigenvalue weighted by Gasteiger charge is -2.17. The molecule has 0 bridgehead atoms. The SMILES string of the molecule is CC(Nc1cc(F)ccc1[N+](=O)[O-])c1ccc(F)cc1Cl. The average Bonchev–Trinajstić information content (AvgIpc) is 2.37. The van der Waals surface area contributed by atoms with E-state index in [9.17, 15) is 18.9 Å². The molecule has 0 heterocycles. The van der Waals surface area contributed by atoms with E-state index in [1.54, 1.807) is 6.92 Å². The highest BCUT2D eigenvalue weighted by Gasteiger charge is 2.18. The van der Waals surface area contributed by atoms with Gasteiger partial charge in [-0.1, -0.05) is 17.7 Å². The van der Waals surface area contributed by atoms with Gasteiger partial charge in [0.1, 0.15) is 17.3 Å². The van der Waals surface area contributed by atoms with Crippen LogP contribution < -0.4 is 5.32 Å². The molecule has 0 spiro atoms. The van der Waals surface area contributed by atoms with Gasteiger partial charge in [0.2, 0.25) is 0 Å². The molecule has 21 heavy (non-hydrogen) atoms. The van der Waals surface area contributed by atoms with E-state index in [0.29, 0.717) is 5.56 Å². The third kappa shape index (κ3) is 3.46. The predicted octanol–water partition coefficient (Wildman–Crippen LogP) is 4.70. The highest BCUT2D eigenvalue weighted by Crippen LogP contribution is 2.31. The van der Waals surface area contributed by atoms with Crippen molar-refractivity contribution in [2.75, 3.05) is 5.32 Å². The van der Waals surface area contributed by atoms with Crippen molar-refractivity contribution in [3.05, 3.63) is 68.7 Å². The molecule has 0 fully saturated rings. The zero-order chi connectivity index (χ0) is 15.6. The number of halogens is 3. The van der Waals surface area contributed by atoms with Crippen LogP contribution in [-0.4, -0.2) is 4.92 Å². The summed E-state index contributed by atoms with van der Waals surface area (Å²) >= 11 is 5.94. The van der Waals surface area contributed by atoms with Gasteiger partial charge in [-0.3, -0.25) is 10.1 Å². The molecule has 0 saturated heterocycles. The van der Waals surface area contributed by atoms with Crippen LogP contribution in [0.25, 0.3) is 0 Å². The quantitative estimate of drug-likeness (QED) is 0.657. The minimum atomic E-state index is -0.610. The Morgan fingerprint density at radius 2 is 1.81 bits per heavy atom. The number of hydrogen-bond acceptors (Lipinski definition) is 3. The van der Waals surface area contributed by atoms with E-state index in [4.69, 9.17) is 11.6 Å². The minimum Gasteiger partial charge on any atom is -0.373 e. The summed E-state index contributed by atoms with van der Waals surface area (Å²) in [6, 6.07) is 6.52. The molecule has 1 atom stereocenters. The maximum absolute atomic E-state index is 13.3. The van der Waals surface area contributed by atoms with Crippen LogP contribution in [0.1, 0.15) is 18.5 Å². The summed E-state index contributed by atoms with van der Waals surface area (Å²) in [5.41, 5.74) is 0.339. The summed E-state index contributed by atoms with van der Waals surface area (Å²) in [5.74, 6) is -1.08. The number of hydrogen-bond donors (Lipinski definition) is 1. The van der Waals surface area contributed by atoms with Gasteiger partial charge < -0.3 is 5.32 Å². The minimum absolute atomic E-state index is 0.0351. The second-order valence-corrected chi connectivity index (χ2v) is 4.86. The lowest BCUT2D eigenvalue weighted by molar-refractivity contribution is -0.384. The van der Waals surface area contributed by atoms with Crippen molar-refractivity contribution in [3.8, 4) is 0 Å². The van der Waals surface area contributed by atoms with E-state index in [1.807, 2.05) is 0 Å². The van der Waals surface area contributed by atoms with Gasteiger partial charge in [0.05, 0.1) is 11.0 Å². The summed E-state index contributed by atoms with van der Waals surface area (Å²) in [4.78, 5) is 10.3. The molecular formula is C14H11ClF2N2O2. The summed E-state index contributed by atoms with van der Waals surface area (Å²) in [6.45, 7) is 1.69. The predicted molar refractivity (Wildman–Crippen MR) is 76.5 cm³/mol. The summed E-state index contributed by atoms with van der Waals surface area (Å²) in [6.07, 6.45) is 0. The van der Waals surface area contributed by atoms with Crippen LogP contribution >= 0.6 is 11.6 Å². The molecule has 2 aromatic rings.